The first kappa shape index (κ1) is 15.4. The van der Waals surface area contributed by atoms with Gasteiger partial charge in [0.05, 0.1) is 0 Å². The van der Waals surface area contributed by atoms with Crippen molar-refractivity contribution in [2.45, 2.75) is 39.5 Å². The lowest BCUT2D eigenvalue weighted by Crippen LogP contribution is -2.12. The molecule has 0 heterocycles. The molecule has 0 amide bonds. The second-order valence-corrected chi connectivity index (χ2v) is 3.23. The normalized spacial score (nSPS) is 11.8. The van der Waals surface area contributed by atoms with Gasteiger partial charge in [-0.25, -0.2) is 0 Å². The van der Waals surface area contributed by atoms with Crippen molar-refractivity contribution >= 4 is 0 Å². The average molecular weight is 189 g/mol. The Bertz CT molecular complexity index is 70.6. The summed E-state index contributed by atoms with van der Waals surface area (Å²) in [6.07, 6.45) is 5.21. The van der Waals surface area contributed by atoms with Crippen molar-refractivity contribution in [1.82, 2.24) is 0 Å². The molecule has 0 aliphatic rings. The summed E-state index contributed by atoms with van der Waals surface area (Å²) < 4.78 is 0. The SMILES string of the molecule is CCCCC(CC)CN.NCCN. The van der Waals surface area contributed by atoms with E-state index in [4.69, 9.17) is 17.2 Å². The van der Waals surface area contributed by atoms with Crippen LogP contribution in [0.1, 0.15) is 39.5 Å². The van der Waals surface area contributed by atoms with Crippen LogP contribution < -0.4 is 17.2 Å². The lowest BCUT2D eigenvalue weighted by atomic mass is 10.00. The summed E-state index contributed by atoms with van der Waals surface area (Å²) in [5.41, 5.74) is 15.3. The Morgan fingerprint density at radius 3 is 1.77 bits per heavy atom. The summed E-state index contributed by atoms with van der Waals surface area (Å²) in [7, 11) is 0. The van der Waals surface area contributed by atoms with Crippen molar-refractivity contribution in [3.8, 4) is 0 Å². The van der Waals surface area contributed by atoms with E-state index in [-0.39, 0.29) is 0 Å². The van der Waals surface area contributed by atoms with E-state index < -0.39 is 0 Å². The predicted molar refractivity (Wildman–Crippen MR) is 60.5 cm³/mol. The molecule has 0 aromatic heterocycles. The zero-order valence-corrected chi connectivity index (χ0v) is 9.26. The van der Waals surface area contributed by atoms with E-state index >= 15 is 0 Å². The summed E-state index contributed by atoms with van der Waals surface area (Å²) >= 11 is 0. The zero-order valence-electron chi connectivity index (χ0n) is 9.26. The van der Waals surface area contributed by atoms with Gasteiger partial charge in [0.15, 0.2) is 0 Å². The van der Waals surface area contributed by atoms with Gasteiger partial charge in [-0.3, -0.25) is 0 Å². The molecule has 0 aromatic rings. The van der Waals surface area contributed by atoms with E-state index in [1.165, 1.54) is 25.7 Å². The zero-order chi connectivity index (χ0) is 10.5. The molecule has 82 valence electrons. The maximum Gasteiger partial charge on any atom is 0.00461 e. The Morgan fingerprint density at radius 1 is 1.00 bits per heavy atom. The highest BCUT2D eigenvalue weighted by Crippen LogP contribution is 2.09. The van der Waals surface area contributed by atoms with Crippen LogP contribution in [0, 0.1) is 5.92 Å². The highest BCUT2D eigenvalue weighted by atomic mass is 14.6. The highest BCUT2D eigenvalue weighted by molar-refractivity contribution is 4.56. The first-order valence-electron chi connectivity index (χ1n) is 5.36. The molecule has 6 N–H and O–H groups in total. The third-order valence-corrected chi connectivity index (χ3v) is 2.04. The summed E-state index contributed by atoms with van der Waals surface area (Å²) in [5, 5.41) is 0. The summed E-state index contributed by atoms with van der Waals surface area (Å²) in [6.45, 7) is 6.51. The van der Waals surface area contributed by atoms with E-state index in [0.29, 0.717) is 13.1 Å². The Hall–Kier alpha value is -0.120. The molecule has 0 spiro atoms. The van der Waals surface area contributed by atoms with Gasteiger partial charge in [-0.05, 0) is 18.9 Å². The van der Waals surface area contributed by atoms with E-state index in [1.54, 1.807) is 0 Å². The molecule has 0 radical (unpaired) electrons. The van der Waals surface area contributed by atoms with E-state index in [2.05, 4.69) is 13.8 Å². The lowest BCUT2D eigenvalue weighted by molar-refractivity contribution is 0.461. The Balaban J connectivity index is 0. The van der Waals surface area contributed by atoms with Crippen LogP contribution in [-0.4, -0.2) is 19.6 Å². The van der Waals surface area contributed by atoms with E-state index in [0.717, 1.165) is 12.5 Å². The Morgan fingerprint density at radius 2 is 1.54 bits per heavy atom. The third kappa shape index (κ3) is 14.7. The first-order valence-corrected chi connectivity index (χ1v) is 5.36. The fraction of sp³-hybridized carbons (Fsp3) is 1.00. The largest absolute Gasteiger partial charge is 0.330 e. The van der Waals surface area contributed by atoms with Gasteiger partial charge in [-0.1, -0.05) is 33.1 Å². The minimum absolute atomic E-state index is 0.597. The highest BCUT2D eigenvalue weighted by Gasteiger charge is 2.00. The molecule has 3 nitrogen and oxygen atoms in total. The van der Waals surface area contributed by atoms with Crippen molar-refractivity contribution in [1.29, 1.82) is 0 Å². The van der Waals surface area contributed by atoms with Gasteiger partial charge < -0.3 is 17.2 Å². The average Bonchev–Trinajstić information content (AvgIpc) is 2.20. The molecule has 0 aliphatic heterocycles. The van der Waals surface area contributed by atoms with Crippen molar-refractivity contribution in [2.75, 3.05) is 19.6 Å². The molecule has 1 atom stereocenters. The van der Waals surface area contributed by atoms with Gasteiger partial charge in [0.25, 0.3) is 0 Å². The summed E-state index contributed by atoms with van der Waals surface area (Å²) in [6, 6.07) is 0. The minimum Gasteiger partial charge on any atom is -0.330 e. The molecule has 3 heteroatoms. The standard InChI is InChI=1S/C8H19N.C2H8N2/c1-3-5-6-8(4-2)7-9;3-1-2-4/h8H,3-7,9H2,1-2H3;1-4H2. The molecular weight excluding hydrogens is 162 g/mol. The van der Waals surface area contributed by atoms with Crippen LogP contribution in [-0.2, 0) is 0 Å². The summed E-state index contributed by atoms with van der Waals surface area (Å²) in [4.78, 5) is 0. The van der Waals surface area contributed by atoms with E-state index in [9.17, 15) is 0 Å². The van der Waals surface area contributed by atoms with Gasteiger partial charge >= 0.3 is 0 Å². The molecule has 0 rings (SSSR count). The molecule has 0 bridgehead atoms. The number of hydrogen-bond acceptors (Lipinski definition) is 3. The predicted octanol–water partition coefficient (Wildman–Crippen LogP) is 1.07. The fourth-order valence-electron chi connectivity index (χ4n) is 0.981. The maximum absolute atomic E-state index is 5.52. The second kappa shape index (κ2) is 14.4. The van der Waals surface area contributed by atoms with Gasteiger partial charge in [0, 0.05) is 13.1 Å². The van der Waals surface area contributed by atoms with Crippen LogP contribution in [0.15, 0.2) is 0 Å². The molecule has 0 aromatic carbocycles. The molecule has 0 fully saturated rings. The lowest BCUT2D eigenvalue weighted by Gasteiger charge is -2.09. The quantitative estimate of drug-likeness (QED) is 0.585. The maximum atomic E-state index is 5.52. The molecule has 0 aliphatic carbocycles. The van der Waals surface area contributed by atoms with E-state index in [1.807, 2.05) is 0 Å². The fourth-order valence-corrected chi connectivity index (χ4v) is 0.981. The minimum atomic E-state index is 0.597. The summed E-state index contributed by atoms with van der Waals surface area (Å²) in [5.74, 6) is 0.782. The number of nitrogens with two attached hydrogens (primary N) is 3. The topological polar surface area (TPSA) is 78.1 Å². The number of hydrogen-bond donors (Lipinski definition) is 3. The Labute approximate surface area is 83.0 Å². The van der Waals surface area contributed by atoms with Crippen LogP contribution in [0.25, 0.3) is 0 Å². The van der Waals surface area contributed by atoms with Gasteiger partial charge in [0.1, 0.15) is 0 Å². The van der Waals surface area contributed by atoms with Gasteiger partial charge in [0.2, 0.25) is 0 Å². The third-order valence-electron chi connectivity index (χ3n) is 2.04. The van der Waals surface area contributed by atoms with Crippen LogP contribution in [0.5, 0.6) is 0 Å². The van der Waals surface area contributed by atoms with Crippen LogP contribution in [0.2, 0.25) is 0 Å². The Kier molecular flexibility index (Phi) is 17.0. The van der Waals surface area contributed by atoms with Crippen LogP contribution in [0.3, 0.4) is 0 Å². The van der Waals surface area contributed by atoms with Crippen molar-refractivity contribution in [3.05, 3.63) is 0 Å². The number of rotatable bonds is 6. The van der Waals surface area contributed by atoms with Crippen molar-refractivity contribution < 1.29 is 0 Å². The van der Waals surface area contributed by atoms with Crippen LogP contribution in [0.4, 0.5) is 0 Å². The molecule has 1 unspecified atom stereocenters. The van der Waals surface area contributed by atoms with Gasteiger partial charge in [-0.2, -0.15) is 0 Å². The first-order chi connectivity index (χ1) is 6.26. The molecule has 13 heavy (non-hydrogen) atoms. The molecule has 0 saturated carbocycles. The number of unbranched alkanes of at least 4 members (excludes halogenated alkanes) is 1. The van der Waals surface area contributed by atoms with Crippen LogP contribution >= 0.6 is 0 Å². The molecular formula is C10H27N3. The van der Waals surface area contributed by atoms with Crippen molar-refractivity contribution in [3.63, 3.8) is 0 Å². The monoisotopic (exact) mass is 189 g/mol. The van der Waals surface area contributed by atoms with Crippen molar-refractivity contribution in [2.24, 2.45) is 23.1 Å². The molecule has 0 saturated heterocycles. The second-order valence-electron chi connectivity index (χ2n) is 3.23. The smallest absolute Gasteiger partial charge is 0.00461 e. The van der Waals surface area contributed by atoms with Gasteiger partial charge in [-0.15, -0.1) is 0 Å².